The van der Waals surface area contributed by atoms with Gasteiger partial charge in [0.1, 0.15) is 0 Å². The number of amides is 1. The number of aliphatic hydroxyl groups is 1. The number of aliphatic hydroxyl groups excluding tert-OH is 1. The van der Waals surface area contributed by atoms with E-state index in [0.29, 0.717) is 12.5 Å². The van der Waals surface area contributed by atoms with Crippen molar-refractivity contribution in [2.75, 3.05) is 19.7 Å². The molecule has 51 valence electrons. The Bertz CT molecular complexity index is 105. The molecule has 1 atom stereocenters. The van der Waals surface area contributed by atoms with Gasteiger partial charge in [-0.2, -0.15) is 0 Å². The molecule has 1 aliphatic heterocycles. The van der Waals surface area contributed by atoms with Crippen LogP contribution >= 0.6 is 0 Å². The predicted octanol–water partition coefficient (Wildman–Crippen LogP) is -0.632. The second-order valence-electron chi connectivity index (χ2n) is 2.37. The fourth-order valence-electron chi connectivity index (χ4n) is 1.06. The summed E-state index contributed by atoms with van der Waals surface area (Å²) in [5.74, 6) is 0.298. The van der Waals surface area contributed by atoms with E-state index in [1.54, 1.807) is 11.3 Å². The third-order valence-corrected chi connectivity index (χ3v) is 1.67. The Kier molecular flexibility index (Phi) is 2.05. The summed E-state index contributed by atoms with van der Waals surface area (Å²) in [6.45, 7) is 1.63. The van der Waals surface area contributed by atoms with Gasteiger partial charge >= 0.3 is 6.41 Å². The molecule has 1 rings (SSSR count). The maximum atomic E-state index is 9.99. The van der Waals surface area contributed by atoms with E-state index in [-0.39, 0.29) is 6.61 Å². The molecule has 1 amide bonds. The Labute approximate surface area is 54.3 Å². The number of likely N-dealkylation sites (tertiary alicyclic amines) is 1. The molecule has 1 heterocycles. The molecule has 0 bridgehead atoms. The van der Waals surface area contributed by atoms with Gasteiger partial charge in [0.25, 0.3) is 0 Å². The lowest BCUT2D eigenvalue weighted by Crippen LogP contribution is -2.18. The minimum atomic E-state index is 0.193. The molecule has 1 fully saturated rings. The number of hydrogen-bond acceptors (Lipinski definition) is 2. The van der Waals surface area contributed by atoms with Crippen molar-refractivity contribution in [3.63, 3.8) is 0 Å². The second-order valence-corrected chi connectivity index (χ2v) is 2.37. The van der Waals surface area contributed by atoms with Gasteiger partial charge in [-0.3, -0.25) is 4.79 Å². The first kappa shape index (κ1) is 6.55. The van der Waals surface area contributed by atoms with E-state index < -0.39 is 0 Å². The summed E-state index contributed by atoms with van der Waals surface area (Å²) in [4.78, 5) is 11.6. The van der Waals surface area contributed by atoms with Crippen LogP contribution in [-0.4, -0.2) is 36.1 Å². The second kappa shape index (κ2) is 2.82. The molecule has 0 aromatic heterocycles. The Hall–Kier alpha value is -0.570. The minimum absolute atomic E-state index is 0.193. The van der Waals surface area contributed by atoms with Crippen LogP contribution < -0.4 is 0 Å². The highest BCUT2D eigenvalue weighted by Crippen LogP contribution is 2.12. The Balaban J connectivity index is 2.28. The van der Waals surface area contributed by atoms with E-state index in [2.05, 4.69) is 0 Å². The van der Waals surface area contributed by atoms with Crippen LogP contribution in [0.1, 0.15) is 6.42 Å². The van der Waals surface area contributed by atoms with E-state index in [0.717, 1.165) is 13.0 Å². The van der Waals surface area contributed by atoms with E-state index in [9.17, 15) is 4.79 Å². The summed E-state index contributed by atoms with van der Waals surface area (Å²) in [7, 11) is 0. The number of carbonyl (C=O) groups excluding carboxylic acids is 1. The summed E-state index contributed by atoms with van der Waals surface area (Å²) in [5, 5.41) is 8.62. The van der Waals surface area contributed by atoms with Crippen molar-refractivity contribution < 1.29 is 9.90 Å². The molecule has 3 nitrogen and oxygen atoms in total. The Morgan fingerprint density at radius 1 is 1.78 bits per heavy atom. The van der Waals surface area contributed by atoms with Gasteiger partial charge in [-0.25, -0.2) is 0 Å². The topological polar surface area (TPSA) is 40.5 Å². The summed E-state index contributed by atoms with van der Waals surface area (Å²) < 4.78 is 0. The summed E-state index contributed by atoms with van der Waals surface area (Å²) in [6.07, 6.45) is 2.72. The number of rotatable bonds is 2. The van der Waals surface area contributed by atoms with Crippen LogP contribution in [0.4, 0.5) is 0 Å². The molecule has 0 saturated carbocycles. The maximum Gasteiger partial charge on any atom is 0.312 e. The molecule has 9 heavy (non-hydrogen) atoms. The zero-order chi connectivity index (χ0) is 6.69. The third kappa shape index (κ3) is 1.42. The zero-order valence-corrected chi connectivity index (χ0v) is 5.21. The van der Waals surface area contributed by atoms with Crippen molar-refractivity contribution in [1.82, 2.24) is 4.90 Å². The molecular formula is C6H10NO2. The third-order valence-electron chi connectivity index (χ3n) is 1.67. The molecule has 1 N–H and O–H groups in total. The van der Waals surface area contributed by atoms with Crippen molar-refractivity contribution in [2.24, 2.45) is 5.92 Å². The van der Waals surface area contributed by atoms with Crippen LogP contribution in [0.3, 0.4) is 0 Å². The summed E-state index contributed by atoms with van der Waals surface area (Å²) in [6, 6.07) is 0. The van der Waals surface area contributed by atoms with Crippen molar-refractivity contribution in [3.05, 3.63) is 0 Å². The molecule has 0 aromatic carbocycles. The van der Waals surface area contributed by atoms with Gasteiger partial charge in [-0.1, -0.05) is 0 Å². The zero-order valence-electron chi connectivity index (χ0n) is 5.21. The van der Waals surface area contributed by atoms with Gasteiger partial charge in [0, 0.05) is 25.6 Å². The molecule has 1 saturated heterocycles. The molecule has 0 aliphatic carbocycles. The van der Waals surface area contributed by atoms with Gasteiger partial charge < -0.3 is 10.0 Å². The largest absolute Gasteiger partial charge is 0.396 e. The van der Waals surface area contributed by atoms with E-state index in [1.807, 2.05) is 0 Å². The van der Waals surface area contributed by atoms with Gasteiger partial charge in [-0.05, 0) is 6.42 Å². The molecule has 0 unspecified atom stereocenters. The Morgan fingerprint density at radius 2 is 2.56 bits per heavy atom. The SMILES string of the molecule is O=[C]N1CC[C@H](CO)C1. The molecular weight excluding hydrogens is 118 g/mol. The van der Waals surface area contributed by atoms with Crippen LogP contribution in [-0.2, 0) is 4.79 Å². The molecule has 1 radical (unpaired) electrons. The quantitative estimate of drug-likeness (QED) is 0.537. The van der Waals surface area contributed by atoms with Crippen LogP contribution in [0, 0.1) is 5.92 Å². The highest BCUT2D eigenvalue weighted by molar-refractivity contribution is 5.48. The molecule has 3 heteroatoms. The average Bonchev–Trinajstić information content (AvgIpc) is 2.34. The van der Waals surface area contributed by atoms with Crippen molar-refractivity contribution in [3.8, 4) is 0 Å². The first-order chi connectivity index (χ1) is 4.36. The summed E-state index contributed by atoms with van der Waals surface area (Å²) in [5.41, 5.74) is 0. The van der Waals surface area contributed by atoms with Crippen LogP contribution in [0.2, 0.25) is 0 Å². The van der Waals surface area contributed by atoms with Crippen molar-refractivity contribution >= 4 is 6.41 Å². The summed E-state index contributed by atoms with van der Waals surface area (Å²) >= 11 is 0. The van der Waals surface area contributed by atoms with Crippen molar-refractivity contribution in [1.29, 1.82) is 0 Å². The van der Waals surface area contributed by atoms with Gasteiger partial charge in [0.15, 0.2) is 0 Å². The normalized spacial score (nSPS) is 26.8. The number of nitrogens with zero attached hydrogens (tertiary/aromatic N) is 1. The van der Waals surface area contributed by atoms with E-state index in [1.165, 1.54) is 0 Å². The molecule has 1 aliphatic rings. The van der Waals surface area contributed by atoms with Crippen LogP contribution in [0.15, 0.2) is 0 Å². The first-order valence-electron chi connectivity index (χ1n) is 3.10. The first-order valence-corrected chi connectivity index (χ1v) is 3.10. The fraction of sp³-hybridized carbons (Fsp3) is 0.833. The molecule has 0 aromatic rings. The highest BCUT2D eigenvalue weighted by Gasteiger charge is 2.20. The lowest BCUT2D eigenvalue weighted by atomic mass is 10.1. The standard InChI is InChI=1S/C6H10NO2/c8-4-6-1-2-7(3-6)5-9/h6,8H,1-4H2/t6-/m0/s1. The monoisotopic (exact) mass is 128 g/mol. The fourth-order valence-corrected chi connectivity index (χ4v) is 1.06. The Morgan fingerprint density at radius 3 is 2.89 bits per heavy atom. The minimum Gasteiger partial charge on any atom is -0.396 e. The average molecular weight is 128 g/mol. The van der Waals surface area contributed by atoms with Gasteiger partial charge in [-0.15, -0.1) is 0 Å². The molecule has 0 spiro atoms. The number of hydrogen-bond donors (Lipinski definition) is 1. The van der Waals surface area contributed by atoms with Crippen LogP contribution in [0.5, 0.6) is 0 Å². The van der Waals surface area contributed by atoms with Crippen LogP contribution in [0.25, 0.3) is 0 Å². The lowest BCUT2D eigenvalue weighted by molar-refractivity contribution is 0.232. The highest BCUT2D eigenvalue weighted by atomic mass is 16.3. The predicted molar refractivity (Wildman–Crippen MR) is 32.5 cm³/mol. The van der Waals surface area contributed by atoms with Gasteiger partial charge in [0.2, 0.25) is 0 Å². The van der Waals surface area contributed by atoms with E-state index >= 15 is 0 Å². The smallest absolute Gasteiger partial charge is 0.312 e. The van der Waals surface area contributed by atoms with Gasteiger partial charge in [0.05, 0.1) is 0 Å². The van der Waals surface area contributed by atoms with E-state index in [4.69, 9.17) is 5.11 Å². The van der Waals surface area contributed by atoms with Crippen molar-refractivity contribution in [2.45, 2.75) is 6.42 Å². The lowest BCUT2D eigenvalue weighted by Gasteiger charge is -2.05. The maximum absolute atomic E-state index is 9.99.